The Morgan fingerprint density at radius 1 is 1.00 bits per heavy atom. The van der Waals surface area contributed by atoms with Crippen LogP contribution in [0.3, 0.4) is 0 Å². The van der Waals surface area contributed by atoms with Crippen LogP contribution >= 0.6 is 0 Å². The molecule has 94 valence electrons. The van der Waals surface area contributed by atoms with E-state index in [-0.39, 0.29) is 0 Å². The van der Waals surface area contributed by atoms with Crippen LogP contribution in [0.4, 0.5) is 0 Å². The fraction of sp³-hybridized carbons (Fsp3) is 0.833. The highest BCUT2D eigenvalue weighted by Gasteiger charge is 2.05. The van der Waals surface area contributed by atoms with Gasteiger partial charge in [-0.1, -0.05) is 45.4 Å². The van der Waals surface area contributed by atoms with Crippen LogP contribution in [0.25, 0.3) is 0 Å². The number of carboxylic acid groups (broad SMARTS) is 1. The maximum Gasteiger partial charge on any atom is 0.312 e. The number of carbonyl (C=O) groups excluding carboxylic acids is 1. The number of hydrogen-bond donors (Lipinski definition) is 2. The van der Waals surface area contributed by atoms with Gasteiger partial charge in [0.25, 0.3) is 0 Å². The third kappa shape index (κ3) is 11.0. The van der Waals surface area contributed by atoms with E-state index in [0.29, 0.717) is 6.54 Å². The Bertz CT molecular complexity index is 204. The van der Waals surface area contributed by atoms with Gasteiger partial charge in [-0.25, -0.2) is 0 Å². The van der Waals surface area contributed by atoms with Crippen molar-refractivity contribution in [3.8, 4) is 0 Å². The van der Waals surface area contributed by atoms with Gasteiger partial charge in [0.1, 0.15) is 6.42 Å². The summed E-state index contributed by atoms with van der Waals surface area (Å²) in [5, 5.41) is 10.9. The predicted octanol–water partition coefficient (Wildman–Crippen LogP) is 2.33. The third-order valence-electron chi connectivity index (χ3n) is 2.41. The molecular weight excluding hydrogens is 206 g/mol. The van der Waals surface area contributed by atoms with Crippen molar-refractivity contribution in [3.05, 3.63) is 0 Å². The van der Waals surface area contributed by atoms with Gasteiger partial charge in [-0.2, -0.15) is 0 Å². The molecule has 0 aromatic heterocycles. The summed E-state index contributed by atoms with van der Waals surface area (Å²) in [6, 6.07) is 0. The van der Waals surface area contributed by atoms with Crippen LogP contribution in [-0.4, -0.2) is 23.5 Å². The molecule has 0 atom stereocenters. The summed E-state index contributed by atoms with van der Waals surface area (Å²) in [5.41, 5.74) is 0. The van der Waals surface area contributed by atoms with Crippen LogP contribution in [-0.2, 0) is 9.59 Å². The van der Waals surface area contributed by atoms with Crippen LogP contribution in [0.2, 0.25) is 0 Å². The molecule has 0 spiro atoms. The van der Waals surface area contributed by atoms with Gasteiger partial charge in [-0.15, -0.1) is 0 Å². The van der Waals surface area contributed by atoms with Gasteiger partial charge < -0.3 is 10.4 Å². The molecule has 4 heteroatoms. The lowest BCUT2D eigenvalue weighted by atomic mass is 10.1. The van der Waals surface area contributed by atoms with E-state index in [1.807, 2.05) is 0 Å². The largest absolute Gasteiger partial charge is 0.481 e. The average Bonchev–Trinajstić information content (AvgIpc) is 2.21. The lowest BCUT2D eigenvalue weighted by Crippen LogP contribution is -2.26. The molecule has 0 radical (unpaired) electrons. The quantitative estimate of drug-likeness (QED) is 0.446. The summed E-state index contributed by atoms with van der Waals surface area (Å²) < 4.78 is 0. The minimum Gasteiger partial charge on any atom is -0.481 e. The third-order valence-corrected chi connectivity index (χ3v) is 2.41. The van der Waals surface area contributed by atoms with Crippen LogP contribution in [0.5, 0.6) is 0 Å². The molecule has 0 aliphatic heterocycles. The summed E-state index contributed by atoms with van der Waals surface area (Å²) in [6.45, 7) is 2.79. The van der Waals surface area contributed by atoms with Gasteiger partial charge in [0.05, 0.1) is 0 Å². The number of hydrogen-bond acceptors (Lipinski definition) is 2. The molecule has 0 aliphatic carbocycles. The van der Waals surface area contributed by atoms with Crippen molar-refractivity contribution in [3.63, 3.8) is 0 Å². The second-order valence-electron chi connectivity index (χ2n) is 4.04. The zero-order chi connectivity index (χ0) is 12.2. The highest BCUT2D eigenvalue weighted by molar-refractivity contribution is 5.93. The molecule has 0 unspecified atom stereocenters. The average molecular weight is 229 g/mol. The molecule has 0 bridgehead atoms. The number of nitrogens with one attached hydrogen (secondary N) is 1. The Hall–Kier alpha value is -1.06. The molecule has 0 saturated carbocycles. The standard InChI is InChI=1S/C12H23NO3/c1-2-3-4-5-6-7-8-9-13-11(14)10-12(15)16/h2-10H2,1H3,(H,13,14)(H,15,16). The molecule has 16 heavy (non-hydrogen) atoms. The number of carbonyl (C=O) groups is 2. The molecule has 0 rings (SSSR count). The summed E-state index contributed by atoms with van der Waals surface area (Å²) >= 11 is 0. The molecule has 0 aliphatic rings. The summed E-state index contributed by atoms with van der Waals surface area (Å²) in [4.78, 5) is 21.1. The van der Waals surface area contributed by atoms with Crippen molar-refractivity contribution in [1.29, 1.82) is 0 Å². The van der Waals surface area contributed by atoms with Gasteiger partial charge in [0.15, 0.2) is 0 Å². The first-order valence-corrected chi connectivity index (χ1v) is 6.15. The molecule has 0 heterocycles. The molecular formula is C12H23NO3. The van der Waals surface area contributed by atoms with Crippen LogP contribution in [0, 0.1) is 0 Å². The molecule has 0 aromatic carbocycles. The van der Waals surface area contributed by atoms with Crippen molar-refractivity contribution in [2.45, 2.75) is 58.3 Å². The minimum atomic E-state index is -1.07. The zero-order valence-corrected chi connectivity index (χ0v) is 10.1. The maximum absolute atomic E-state index is 10.9. The Morgan fingerprint density at radius 3 is 2.12 bits per heavy atom. The fourth-order valence-corrected chi connectivity index (χ4v) is 1.51. The Morgan fingerprint density at radius 2 is 1.56 bits per heavy atom. The highest BCUT2D eigenvalue weighted by Crippen LogP contribution is 2.06. The summed E-state index contributed by atoms with van der Waals surface area (Å²) in [5.74, 6) is -1.46. The topological polar surface area (TPSA) is 66.4 Å². The lowest BCUT2D eigenvalue weighted by Gasteiger charge is -2.03. The van der Waals surface area contributed by atoms with E-state index in [2.05, 4.69) is 12.2 Å². The SMILES string of the molecule is CCCCCCCCCNC(=O)CC(=O)O. The van der Waals surface area contributed by atoms with Gasteiger partial charge in [0.2, 0.25) is 5.91 Å². The van der Waals surface area contributed by atoms with Crippen molar-refractivity contribution in [1.82, 2.24) is 5.32 Å². The molecule has 1 amide bonds. The van der Waals surface area contributed by atoms with Crippen molar-refractivity contribution in [2.75, 3.05) is 6.54 Å². The summed E-state index contributed by atoms with van der Waals surface area (Å²) in [6.07, 6.45) is 7.94. The highest BCUT2D eigenvalue weighted by atomic mass is 16.4. The first-order chi connectivity index (χ1) is 7.66. The van der Waals surface area contributed by atoms with Gasteiger partial charge in [0, 0.05) is 6.54 Å². The van der Waals surface area contributed by atoms with E-state index >= 15 is 0 Å². The summed E-state index contributed by atoms with van der Waals surface area (Å²) in [7, 11) is 0. The number of unbranched alkanes of at least 4 members (excludes halogenated alkanes) is 6. The van der Waals surface area contributed by atoms with Crippen molar-refractivity contribution < 1.29 is 14.7 Å². The Labute approximate surface area is 97.4 Å². The number of amides is 1. The zero-order valence-electron chi connectivity index (χ0n) is 10.1. The number of carboxylic acids is 1. The fourth-order valence-electron chi connectivity index (χ4n) is 1.51. The maximum atomic E-state index is 10.9. The molecule has 2 N–H and O–H groups in total. The minimum absolute atomic E-state index is 0.390. The molecule has 4 nitrogen and oxygen atoms in total. The first-order valence-electron chi connectivity index (χ1n) is 6.15. The Kier molecular flexibility index (Phi) is 9.76. The van der Waals surface area contributed by atoms with E-state index < -0.39 is 18.3 Å². The molecule has 0 fully saturated rings. The van der Waals surface area contributed by atoms with E-state index in [4.69, 9.17) is 5.11 Å². The van der Waals surface area contributed by atoms with Crippen molar-refractivity contribution >= 4 is 11.9 Å². The molecule has 0 saturated heterocycles. The second-order valence-corrected chi connectivity index (χ2v) is 4.04. The van der Waals surface area contributed by atoms with Gasteiger partial charge in [-0.05, 0) is 6.42 Å². The van der Waals surface area contributed by atoms with E-state index in [0.717, 1.165) is 12.8 Å². The smallest absolute Gasteiger partial charge is 0.312 e. The lowest BCUT2D eigenvalue weighted by molar-refractivity contribution is -0.140. The second kappa shape index (κ2) is 10.5. The van der Waals surface area contributed by atoms with Gasteiger partial charge in [-0.3, -0.25) is 9.59 Å². The van der Waals surface area contributed by atoms with Crippen LogP contribution < -0.4 is 5.32 Å². The van der Waals surface area contributed by atoms with E-state index in [1.165, 1.54) is 32.1 Å². The number of rotatable bonds is 10. The van der Waals surface area contributed by atoms with Gasteiger partial charge >= 0.3 is 5.97 Å². The first kappa shape index (κ1) is 14.9. The normalized spacial score (nSPS) is 10.1. The van der Waals surface area contributed by atoms with Crippen LogP contribution in [0.15, 0.2) is 0 Å². The van der Waals surface area contributed by atoms with Crippen LogP contribution in [0.1, 0.15) is 58.3 Å². The van der Waals surface area contributed by atoms with E-state index in [9.17, 15) is 9.59 Å². The van der Waals surface area contributed by atoms with E-state index in [1.54, 1.807) is 0 Å². The number of aliphatic carboxylic acids is 1. The van der Waals surface area contributed by atoms with Crippen molar-refractivity contribution in [2.24, 2.45) is 0 Å². The predicted molar refractivity (Wildman–Crippen MR) is 63.3 cm³/mol. The monoisotopic (exact) mass is 229 g/mol. The molecule has 0 aromatic rings. The Balaban J connectivity index is 3.14.